The number of hydrogen-bond donors (Lipinski definition) is 1. The Labute approximate surface area is 105 Å². The van der Waals surface area contributed by atoms with Gasteiger partial charge in [0.05, 0.1) is 12.1 Å². The maximum atomic E-state index is 12.2. The average Bonchev–Trinajstić information content (AvgIpc) is 2.27. The van der Waals surface area contributed by atoms with E-state index in [-0.39, 0.29) is 19.0 Å². The second-order valence-corrected chi connectivity index (χ2v) is 5.06. The summed E-state index contributed by atoms with van der Waals surface area (Å²) < 4.78 is 36.6. The first-order valence-electron chi connectivity index (χ1n) is 5.93. The molecule has 1 saturated heterocycles. The number of amides is 1. The van der Waals surface area contributed by atoms with Crippen molar-refractivity contribution in [3.05, 3.63) is 0 Å². The van der Waals surface area contributed by atoms with Crippen LogP contribution in [0.4, 0.5) is 13.2 Å². The fourth-order valence-corrected chi connectivity index (χ4v) is 1.86. The Morgan fingerprint density at radius 1 is 1.17 bits per heavy atom. The average molecular weight is 267 g/mol. The Morgan fingerprint density at radius 2 is 1.67 bits per heavy atom. The van der Waals surface area contributed by atoms with Crippen LogP contribution < -0.4 is 5.32 Å². The van der Waals surface area contributed by atoms with Crippen molar-refractivity contribution >= 4 is 5.91 Å². The molecule has 1 aliphatic heterocycles. The number of nitrogens with zero attached hydrogens (tertiary/aromatic N) is 2. The monoisotopic (exact) mass is 267 g/mol. The fraction of sp³-hybridized carbons (Fsp3) is 0.909. The van der Waals surface area contributed by atoms with E-state index in [0.29, 0.717) is 13.1 Å². The summed E-state index contributed by atoms with van der Waals surface area (Å²) in [6.45, 7) is 3.86. The van der Waals surface area contributed by atoms with Gasteiger partial charge in [-0.2, -0.15) is 13.2 Å². The van der Waals surface area contributed by atoms with Crippen molar-refractivity contribution in [2.75, 3.05) is 39.8 Å². The number of piperazine rings is 1. The second kappa shape index (κ2) is 5.44. The summed E-state index contributed by atoms with van der Waals surface area (Å²) in [5, 5.41) is 2.90. The largest absolute Gasteiger partial charge is 0.401 e. The summed E-state index contributed by atoms with van der Waals surface area (Å²) in [7, 11) is 1.69. The highest BCUT2D eigenvalue weighted by atomic mass is 19.4. The summed E-state index contributed by atoms with van der Waals surface area (Å²) in [4.78, 5) is 15.0. The molecule has 18 heavy (non-hydrogen) atoms. The van der Waals surface area contributed by atoms with Gasteiger partial charge in [-0.3, -0.25) is 9.69 Å². The van der Waals surface area contributed by atoms with Crippen molar-refractivity contribution in [3.8, 4) is 0 Å². The molecule has 0 aromatic rings. The van der Waals surface area contributed by atoms with Crippen molar-refractivity contribution in [2.24, 2.45) is 0 Å². The maximum Gasteiger partial charge on any atom is 0.401 e. The van der Waals surface area contributed by atoms with Gasteiger partial charge in [0.2, 0.25) is 5.91 Å². The van der Waals surface area contributed by atoms with Crippen LogP contribution in [0.1, 0.15) is 13.8 Å². The number of halogens is 3. The highest BCUT2D eigenvalue weighted by molar-refractivity contribution is 5.85. The van der Waals surface area contributed by atoms with E-state index in [1.807, 2.05) is 0 Å². The third-order valence-electron chi connectivity index (χ3n) is 3.22. The minimum absolute atomic E-state index is 0.0725. The minimum atomic E-state index is -4.17. The van der Waals surface area contributed by atoms with Crippen molar-refractivity contribution in [3.63, 3.8) is 0 Å². The molecule has 0 spiro atoms. The van der Waals surface area contributed by atoms with E-state index < -0.39 is 18.3 Å². The topological polar surface area (TPSA) is 35.6 Å². The number of carbonyl (C=O) groups excluding carboxylic acids is 1. The molecule has 0 saturated carbocycles. The molecular formula is C11H20F3N3O. The van der Waals surface area contributed by atoms with E-state index in [9.17, 15) is 18.0 Å². The van der Waals surface area contributed by atoms with Gasteiger partial charge < -0.3 is 10.2 Å². The quantitative estimate of drug-likeness (QED) is 0.817. The van der Waals surface area contributed by atoms with Crippen LogP contribution in [0.25, 0.3) is 0 Å². The SMILES string of the molecule is CNC(C)(C)C(=O)N1CCN(CC(F)(F)F)CC1. The molecule has 0 aliphatic carbocycles. The maximum absolute atomic E-state index is 12.2. The molecule has 1 rings (SSSR count). The predicted molar refractivity (Wildman–Crippen MR) is 62.2 cm³/mol. The standard InChI is InChI=1S/C11H20F3N3O/c1-10(2,15-3)9(18)17-6-4-16(5-7-17)8-11(12,13)14/h15H,4-8H2,1-3H3. The smallest absolute Gasteiger partial charge is 0.339 e. The van der Waals surface area contributed by atoms with Crippen molar-refractivity contribution in [2.45, 2.75) is 25.6 Å². The third kappa shape index (κ3) is 4.13. The zero-order valence-electron chi connectivity index (χ0n) is 11.0. The Kier molecular flexibility index (Phi) is 4.61. The number of rotatable bonds is 3. The van der Waals surface area contributed by atoms with Crippen LogP contribution in [0.2, 0.25) is 0 Å². The molecule has 1 N–H and O–H groups in total. The molecule has 4 nitrogen and oxygen atoms in total. The Balaban J connectivity index is 2.47. The van der Waals surface area contributed by atoms with E-state index >= 15 is 0 Å². The van der Waals surface area contributed by atoms with Crippen molar-refractivity contribution in [1.82, 2.24) is 15.1 Å². The van der Waals surface area contributed by atoms with Crippen molar-refractivity contribution in [1.29, 1.82) is 0 Å². The molecule has 7 heteroatoms. The van der Waals surface area contributed by atoms with Gasteiger partial charge in [-0.15, -0.1) is 0 Å². The van der Waals surface area contributed by atoms with Gasteiger partial charge in [0, 0.05) is 26.2 Å². The molecule has 0 aromatic carbocycles. The third-order valence-corrected chi connectivity index (χ3v) is 3.22. The first kappa shape index (κ1) is 15.2. The van der Waals surface area contributed by atoms with E-state index in [0.717, 1.165) is 0 Å². The Hall–Kier alpha value is -0.820. The van der Waals surface area contributed by atoms with Crippen LogP contribution in [0.5, 0.6) is 0 Å². The van der Waals surface area contributed by atoms with Gasteiger partial charge in [0.1, 0.15) is 0 Å². The van der Waals surface area contributed by atoms with Gasteiger partial charge in [-0.1, -0.05) is 0 Å². The number of nitrogens with one attached hydrogen (secondary N) is 1. The summed E-state index contributed by atoms with van der Waals surface area (Å²) in [5.41, 5.74) is -0.674. The number of likely N-dealkylation sites (N-methyl/N-ethyl adjacent to an activating group) is 1. The zero-order valence-corrected chi connectivity index (χ0v) is 11.0. The van der Waals surface area contributed by atoms with Crippen LogP contribution in [-0.2, 0) is 4.79 Å². The highest BCUT2D eigenvalue weighted by Gasteiger charge is 2.35. The van der Waals surface area contributed by atoms with E-state index in [1.165, 1.54) is 4.90 Å². The van der Waals surface area contributed by atoms with Gasteiger partial charge in [-0.05, 0) is 20.9 Å². The second-order valence-electron chi connectivity index (χ2n) is 5.06. The molecule has 0 unspecified atom stereocenters. The minimum Gasteiger partial charge on any atom is -0.339 e. The Morgan fingerprint density at radius 3 is 2.06 bits per heavy atom. The van der Waals surface area contributed by atoms with E-state index in [1.54, 1.807) is 25.8 Å². The molecule has 1 aliphatic rings. The molecule has 1 amide bonds. The predicted octanol–water partition coefficient (Wildman–Crippen LogP) is 0.691. The molecule has 1 heterocycles. The van der Waals surface area contributed by atoms with Crippen LogP contribution in [-0.4, -0.2) is 67.2 Å². The van der Waals surface area contributed by atoms with E-state index in [4.69, 9.17) is 0 Å². The van der Waals surface area contributed by atoms with Crippen molar-refractivity contribution < 1.29 is 18.0 Å². The summed E-state index contributed by atoms with van der Waals surface area (Å²) >= 11 is 0. The molecule has 0 radical (unpaired) electrons. The number of carbonyl (C=O) groups is 1. The van der Waals surface area contributed by atoms with Crippen LogP contribution in [0.15, 0.2) is 0 Å². The Bertz CT molecular complexity index is 296. The highest BCUT2D eigenvalue weighted by Crippen LogP contribution is 2.18. The molecule has 106 valence electrons. The van der Waals surface area contributed by atoms with Gasteiger partial charge in [-0.25, -0.2) is 0 Å². The van der Waals surface area contributed by atoms with Gasteiger partial charge in [0.25, 0.3) is 0 Å². The summed E-state index contributed by atoms with van der Waals surface area (Å²) in [5.74, 6) is -0.0725. The van der Waals surface area contributed by atoms with Gasteiger partial charge >= 0.3 is 6.18 Å². The first-order chi connectivity index (χ1) is 8.15. The van der Waals surface area contributed by atoms with Crippen LogP contribution in [0.3, 0.4) is 0 Å². The zero-order chi connectivity index (χ0) is 14.0. The first-order valence-corrected chi connectivity index (χ1v) is 5.93. The summed E-state index contributed by atoms with van der Waals surface area (Å²) in [6, 6.07) is 0. The number of alkyl halides is 3. The van der Waals surface area contributed by atoms with Crippen LogP contribution in [0, 0.1) is 0 Å². The normalized spacial score (nSPS) is 19.1. The lowest BCUT2D eigenvalue weighted by atomic mass is 10.0. The number of hydrogen-bond acceptors (Lipinski definition) is 3. The lowest BCUT2D eigenvalue weighted by Crippen LogP contribution is -2.58. The lowest BCUT2D eigenvalue weighted by molar-refractivity contribution is -0.153. The molecule has 0 aromatic heterocycles. The molecular weight excluding hydrogens is 247 g/mol. The molecule has 0 atom stereocenters. The summed E-state index contributed by atoms with van der Waals surface area (Å²) in [6.07, 6.45) is -4.17. The lowest BCUT2D eigenvalue weighted by Gasteiger charge is -2.38. The fourth-order valence-electron chi connectivity index (χ4n) is 1.86. The van der Waals surface area contributed by atoms with Crippen LogP contribution >= 0.6 is 0 Å². The molecule has 1 fully saturated rings. The van der Waals surface area contributed by atoms with E-state index in [2.05, 4.69) is 5.32 Å². The van der Waals surface area contributed by atoms with Gasteiger partial charge in [0.15, 0.2) is 0 Å². The molecule has 0 bridgehead atoms.